The van der Waals surface area contributed by atoms with Crippen molar-refractivity contribution in [3.8, 4) is 22.6 Å². The number of anilines is 1. The van der Waals surface area contributed by atoms with E-state index in [-0.39, 0.29) is 87.7 Å². The lowest BCUT2D eigenvalue weighted by atomic mass is 10.0. The number of imidazole rings is 1. The lowest BCUT2D eigenvalue weighted by Crippen LogP contribution is -2.54. The van der Waals surface area contributed by atoms with E-state index in [0.29, 0.717) is 53.4 Å². The van der Waals surface area contributed by atoms with Crippen LogP contribution in [0.25, 0.3) is 22.6 Å². The van der Waals surface area contributed by atoms with Crippen LogP contribution < -0.4 is 27.0 Å². The van der Waals surface area contributed by atoms with Gasteiger partial charge in [-0.2, -0.15) is 0 Å². The predicted molar refractivity (Wildman–Crippen MR) is 265 cm³/mol. The summed E-state index contributed by atoms with van der Waals surface area (Å²) < 4.78 is 35.3. The Morgan fingerprint density at radius 2 is 1.53 bits per heavy atom. The first-order valence-corrected chi connectivity index (χ1v) is 23.9. The van der Waals surface area contributed by atoms with E-state index in [0.717, 1.165) is 28.3 Å². The number of carbonyl (C=O) groups excluding carboxylic acids is 7. The first-order valence-electron chi connectivity index (χ1n) is 23.9. The Hall–Kier alpha value is -8.36. The average Bonchev–Trinajstić information content (AvgIpc) is 3.94. The summed E-state index contributed by atoms with van der Waals surface area (Å²) in [7, 11) is 0. The number of halogens is 2. The van der Waals surface area contributed by atoms with Crippen molar-refractivity contribution in [2.45, 2.75) is 91.0 Å². The van der Waals surface area contributed by atoms with E-state index >= 15 is 0 Å². The number of rotatable bonds is 25. The summed E-state index contributed by atoms with van der Waals surface area (Å²) in [6.45, 7) is 5.23. The van der Waals surface area contributed by atoms with E-state index in [1.165, 1.54) is 23.1 Å². The van der Waals surface area contributed by atoms with Crippen molar-refractivity contribution in [1.29, 1.82) is 0 Å². The van der Waals surface area contributed by atoms with Gasteiger partial charge < -0.3 is 41.6 Å². The fraction of sp³-hybridized carbons (Fsp3) is 0.346. The molecule has 0 spiro atoms. The number of aryl methyl sites for hydroxylation is 1. The van der Waals surface area contributed by atoms with Gasteiger partial charge >= 0.3 is 12.1 Å². The molecule has 2 aromatic carbocycles. The van der Waals surface area contributed by atoms with E-state index in [1.807, 2.05) is 25.1 Å². The van der Waals surface area contributed by atoms with E-state index in [4.69, 9.17) is 15.5 Å². The topological polar surface area (TPSA) is 264 Å². The van der Waals surface area contributed by atoms with Crippen LogP contribution in [0.2, 0.25) is 0 Å². The zero-order chi connectivity index (χ0) is 52.4. The smallest absolute Gasteiger partial charge is 0.410 e. The van der Waals surface area contributed by atoms with Crippen molar-refractivity contribution in [2.24, 2.45) is 11.7 Å². The van der Waals surface area contributed by atoms with Crippen LogP contribution in [0.4, 0.5) is 24.1 Å². The quantitative estimate of drug-likeness (QED) is 0.0292. The van der Waals surface area contributed by atoms with Gasteiger partial charge in [-0.15, -0.1) is 0 Å². The molecule has 384 valence electrons. The van der Waals surface area contributed by atoms with E-state index in [9.17, 15) is 42.3 Å². The maximum absolute atomic E-state index is 14.8. The number of benzene rings is 2. The molecule has 0 saturated heterocycles. The van der Waals surface area contributed by atoms with Gasteiger partial charge in [0.05, 0.1) is 23.6 Å². The number of aromatic nitrogens is 4. The molecule has 0 radical (unpaired) electrons. The van der Waals surface area contributed by atoms with Crippen molar-refractivity contribution in [1.82, 2.24) is 45.7 Å². The lowest BCUT2D eigenvalue weighted by molar-refractivity contribution is -0.137. The van der Waals surface area contributed by atoms with Crippen LogP contribution in [0.15, 0.2) is 97.3 Å². The first kappa shape index (κ1) is 54.0. The largest absolute Gasteiger partial charge is 0.445 e. The summed E-state index contributed by atoms with van der Waals surface area (Å²) in [5, 5.41) is 10.8. The number of primary amides is 1. The third-order valence-electron chi connectivity index (χ3n) is 11.8. The molecule has 0 fully saturated rings. The Kier molecular flexibility index (Phi) is 19.4. The first-order chi connectivity index (χ1) is 35.1. The second-order valence-electron chi connectivity index (χ2n) is 17.7. The third kappa shape index (κ3) is 15.8. The van der Waals surface area contributed by atoms with Crippen LogP contribution in [-0.4, -0.2) is 103 Å². The summed E-state index contributed by atoms with van der Waals surface area (Å²) in [5.41, 5.74) is 9.17. The number of nitrogens with one attached hydrogen (secondary N) is 5. The summed E-state index contributed by atoms with van der Waals surface area (Å²) in [4.78, 5) is 108. The van der Waals surface area contributed by atoms with Crippen LogP contribution in [0.5, 0.6) is 0 Å². The van der Waals surface area contributed by atoms with Gasteiger partial charge in [0.2, 0.25) is 17.7 Å². The number of urea groups is 1. The number of nitrogens with zero attached hydrogens (tertiary/aromatic N) is 5. The molecule has 0 aliphatic carbocycles. The van der Waals surface area contributed by atoms with Gasteiger partial charge in [-0.3, -0.25) is 38.8 Å². The van der Waals surface area contributed by atoms with Crippen LogP contribution in [-0.2, 0) is 48.3 Å². The summed E-state index contributed by atoms with van der Waals surface area (Å²) in [6.07, 6.45) is 6.70. The predicted octanol–water partition coefficient (Wildman–Crippen LogP) is 6.00. The molecule has 73 heavy (non-hydrogen) atoms. The highest BCUT2D eigenvalue weighted by Gasteiger charge is 2.30. The number of H-pyrrole nitrogens is 1. The molecule has 1 aliphatic heterocycles. The summed E-state index contributed by atoms with van der Waals surface area (Å²) >= 11 is 0. The van der Waals surface area contributed by atoms with Crippen molar-refractivity contribution in [3.63, 3.8) is 0 Å². The standard InChI is InChI=1S/C52H59F2N11O8/c1-32(2)46(63-43(66)15-5-4-6-28-65-44(67)20-21-45(65)68)50(70)60-41(14-9-25-57-51(55)71)49(69)59-36-18-16-34(17-19-36)31-73-52(72)64(29-24-37-38(53)11-8-12-39(37)54)30-42-61-47(35-22-26-56-27-23-35)48(62-42)40-13-7-10-33(3)58-40/h7-8,10-13,16-23,26-27,32,41,46H,4-6,9,14-15,24-25,28-31H2,1-3H3,(H,59,69)(H,60,70)(H,61,62)(H,63,66)(H3,55,57,71). The number of nitrogens with two attached hydrogens (primary N) is 1. The molecule has 2 unspecified atom stereocenters. The molecule has 8 amide bonds. The minimum absolute atomic E-state index is 0.0927. The number of imide groups is 1. The van der Waals surface area contributed by atoms with Gasteiger partial charge in [0.15, 0.2) is 0 Å². The Morgan fingerprint density at radius 3 is 2.21 bits per heavy atom. The van der Waals surface area contributed by atoms with Gasteiger partial charge in [0, 0.05) is 73.1 Å². The Labute approximate surface area is 420 Å². The maximum Gasteiger partial charge on any atom is 0.410 e. The van der Waals surface area contributed by atoms with E-state index < -0.39 is 47.7 Å². The molecule has 0 saturated carbocycles. The minimum atomic E-state index is -1.10. The van der Waals surface area contributed by atoms with Gasteiger partial charge in [-0.1, -0.05) is 44.5 Å². The Balaban J connectivity index is 1.09. The zero-order valence-corrected chi connectivity index (χ0v) is 40.8. The molecule has 7 N–H and O–H groups in total. The van der Waals surface area contributed by atoms with Crippen LogP contribution >= 0.6 is 0 Å². The molecule has 1 aliphatic rings. The monoisotopic (exact) mass is 1000 g/mol. The maximum atomic E-state index is 14.8. The van der Waals surface area contributed by atoms with Crippen molar-refractivity contribution in [2.75, 3.05) is 25.0 Å². The zero-order valence-electron chi connectivity index (χ0n) is 40.8. The average molecular weight is 1000 g/mol. The van der Waals surface area contributed by atoms with Crippen LogP contribution in [0.3, 0.4) is 0 Å². The van der Waals surface area contributed by atoms with Crippen molar-refractivity contribution >= 4 is 47.3 Å². The molecule has 21 heteroatoms. The minimum Gasteiger partial charge on any atom is -0.445 e. The number of pyridine rings is 2. The highest BCUT2D eigenvalue weighted by molar-refractivity contribution is 6.12. The van der Waals surface area contributed by atoms with Crippen LogP contribution in [0, 0.1) is 24.5 Å². The number of carbonyl (C=O) groups is 7. The third-order valence-corrected chi connectivity index (χ3v) is 11.8. The normalized spacial score (nSPS) is 12.9. The number of hydrogen-bond donors (Lipinski definition) is 6. The van der Waals surface area contributed by atoms with E-state index in [2.05, 4.69) is 36.2 Å². The molecule has 6 rings (SSSR count). The number of amides is 8. The fourth-order valence-corrected chi connectivity index (χ4v) is 7.88. The van der Waals surface area contributed by atoms with Gasteiger partial charge in [0.25, 0.3) is 11.8 Å². The molecule has 3 aromatic heterocycles. The Bertz CT molecular complexity index is 2750. The highest BCUT2D eigenvalue weighted by Crippen LogP contribution is 2.30. The Morgan fingerprint density at radius 1 is 0.836 bits per heavy atom. The molecule has 4 heterocycles. The summed E-state index contributed by atoms with van der Waals surface area (Å²) in [5.74, 6) is -3.82. The van der Waals surface area contributed by atoms with Crippen molar-refractivity contribution < 1.29 is 47.1 Å². The lowest BCUT2D eigenvalue weighted by Gasteiger charge is -2.25. The van der Waals surface area contributed by atoms with Crippen molar-refractivity contribution in [3.05, 3.63) is 132 Å². The van der Waals surface area contributed by atoms with Gasteiger partial charge in [0.1, 0.15) is 36.1 Å². The van der Waals surface area contributed by atoms with Gasteiger partial charge in [-0.25, -0.2) is 23.4 Å². The molecule has 19 nitrogen and oxygen atoms in total. The number of ether oxygens (including phenoxy) is 1. The summed E-state index contributed by atoms with van der Waals surface area (Å²) in [6, 6.07) is 16.2. The van der Waals surface area contributed by atoms with Gasteiger partial charge in [-0.05, 0) is 99.0 Å². The number of hydrogen-bond acceptors (Lipinski definition) is 11. The second-order valence-corrected chi connectivity index (χ2v) is 17.7. The van der Waals surface area contributed by atoms with E-state index in [1.54, 1.807) is 62.6 Å². The molecular formula is C52H59F2N11O8. The number of aromatic amines is 1. The SMILES string of the molecule is Cc1cccc(-c2[nH]c(CN(CCc3c(F)cccc3F)C(=O)OCc3ccc(NC(=O)C(CCCNC(N)=O)NC(=O)C(NC(=O)CCCCCN4C(=O)C=CC4=O)C(C)C)cc3)nc2-c2ccncc2)n1. The van der Waals surface area contributed by atoms with Crippen LogP contribution in [0.1, 0.15) is 75.0 Å². The molecule has 5 aromatic rings. The highest BCUT2D eigenvalue weighted by atomic mass is 19.1. The molecule has 0 bridgehead atoms. The fourth-order valence-electron chi connectivity index (χ4n) is 7.88. The number of unbranched alkanes of at least 4 members (excludes halogenated alkanes) is 2. The second kappa shape index (κ2) is 26.2. The molecular weight excluding hydrogens is 945 g/mol. The molecule has 2 atom stereocenters.